The molecule has 11 nitrogen and oxygen atoms in total. The first-order valence-corrected chi connectivity index (χ1v) is 7.08. The molecule has 2 fully saturated rings. The Morgan fingerprint density at radius 2 is 1.22 bits per heavy atom. The second kappa shape index (κ2) is 7.63. The molecule has 0 spiro atoms. The van der Waals surface area contributed by atoms with Crippen molar-refractivity contribution in [3.8, 4) is 0 Å². The minimum absolute atomic E-state index is 0.667. The maximum absolute atomic E-state index is 10.00. The number of rotatable bonds is 4. The molecule has 0 saturated carbocycles. The average Bonchev–Trinajstić information content (AvgIpc) is 2.54. The van der Waals surface area contributed by atoms with Gasteiger partial charge in [0.05, 0.1) is 13.2 Å². The molecule has 10 atom stereocenters. The van der Waals surface area contributed by atoms with Crippen LogP contribution in [-0.4, -0.2) is 115 Å². The molecular formula is C12H22O11. The van der Waals surface area contributed by atoms with Crippen LogP contribution in [0.5, 0.6) is 0 Å². The van der Waals surface area contributed by atoms with Gasteiger partial charge in [0, 0.05) is 0 Å². The van der Waals surface area contributed by atoms with Gasteiger partial charge < -0.3 is 55.1 Å². The Morgan fingerprint density at radius 1 is 0.652 bits per heavy atom. The molecule has 2 saturated heterocycles. The first-order valence-electron chi connectivity index (χ1n) is 7.08. The first-order chi connectivity index (χ1) is 10.8. The lowest BCUT2D eigenvalue weighted by Crippen LogP contribution is -2.64. The summed E-state index contributed by atoms with van der Waals surface area (Å²) in [6, 6.07) is 0. The van der Waals surface area contributed by atoms with Crippen molar-refractivity contribution in [2.75, 3.05) is 13.2 Å². The summed E-state index contributed by atoms with van der Waals surface area (Å²) in [5, 5.41) is 76.8. The Balaban J connectivity index is 2.11. The second-order valence-electron chi connectivity index (χ2n) is 5.53. The largest absolute Gasteiger partial charge is 0.394 e. The quantitative estimate of drug-likeness (QED) is 0.243. The maximum Gasteiger partial charge on any atom is 0.187 e. The van der Waals surface area contributed by atoms with Gasteiger partial charge in [0.2, 0.25) is 0 Å². The van der Waals surface area contributed by atoms with Crippen molar-refractivity contribution in [2.24, 2.45) is 0 Å². The van der Waals surface area contributed by atoms with E-state index in [1.165, 1.54) is 0 Å². The van der Waals surface area contributed by atoms with Gasteiger partial charge in [-0.2, -0.15) is 0 Å². The Bertz CT molecular complexity index is 380. The Morgan fingerprint density at radius 3 is 1.78 bits per heavy atom. The highest BCUT2D eigenvalue weighted by atomic mass is 16.7. The van der Waals surface area contributed by atoms with E-state index >= 15 is 0 Å². The van der Waals surface area contributed by atoms with Crippen molar-refractivity contribution in [2.45, 2.75) is 61.4 Å². The predicted molar refractivity (Wildman–Crippen MR) is 68.6 cm³/mol. The Labute approximate surface area is 130 Å². The van der Waals surface area contributed by atoms with E-state index in [9.17, 15) is 30.6 Å². The molecule has 2 rings (SSSR count). The minimum atomic E-state index is -1.76. The zero-order valence-corrected chi connectivity index (χ0v) is 12.0. The van der Waals surface area contributed by atoms with E-state index in [4.69, 9.17) is 24.4 Å². The Hall–Kier alpha value is -0.440. The summed E-state index contributed by atoms with van der Waals surface area (Å²) in [4.78, 5) is 0. The van der Waals surface area contributed by atoms with E-state index in [0.29, 0.717) is 0 Å². The van der Waals surface area contributed by atoms with E-state index in [1.54, 1.807) is 0 Å². The van der Waals surface area contributed by atoms with Gasteiger partial charge in [-0.05, 0) is 0 Å². The zero-order valence-electron chi connectivity index (χ0n) is 12.0. The third-order valence-electron chi connectivity index (χ3n) is 3.98. The van der Waals surface area contributed by atoms with Gasteiger partial charge in [-0.1, -0.05) is 0 Å². The molecule has 11 heteroatoms. The fraction of sp³-hybridized carbons (Fsp3) is 1.00. The van der Waals surface area contributed by atoms with Crippen LogP contribution in [0, 0.1) is 0 Å². The summed E-state index contributed by atoms with van der Waals surface area (Å²) in [6.45, 7) is -1.34. The van der Waals surface area contributed by atoms with Crippen LogP contribution in [0.1, 0.15) is 0 Å². The van der Waals surface area contributed by atoms with E-state index in [0.717, 1.165) is 0 Å². The topological polar surface area (TPSA) is 190 Å². The highest BCUT2D eigenvalue weighted by Crippen LogP contribution is 2.28. The van der Waals surface area contributed by atoms with Gasteiger partial charge >= 0.3 is 0 Å². The number of aliphatic hydroxyl groups excluding tert-OH is 8. The molecule has 2 heterocycles. The van der Waals surface area contributed by atoms with Crippen LogP contribution in [0.3, 0.4) is 0 Å². The lowest BCUT2D eigenvalue weighted by molar-refractivity contribution is -0.355. The predicted octanol–water partition coefficient (Wildman–Crippen LogP) is -5.40. The molecule has 0 aliphatic carbocycles. The molecule has 0 aromatic rings. The third-order valence-corrected chi connectivity index (χ3v) is 3.98. The van der Waals surface area contributed by atoms with Gasteiger partial charge in [-0.25, -0.2) is 0 Å². The van der Waals surface area contributed by atoms with Crippen LogP contribution in [-0.2, 0) is 14.2 Å². The SMILES string of the molecule is OC[C@H]1O[C@H](O[C@H]2[C@H](O)[C@@H](CO)OC(O)[C@H]2O)[C@H](O)[C@@H](O)[C@H]1O. The van der Waals surface area contributed by atoms with E-state index in [-0.39, 0.29) is 0 Å². The second-order valence-corrected chi connectivity index (χ2v) is 5.53. The van der Waals surface area contributed by atoms with Crippen molar-refractivity contribution in [3.05, 3.63) is 0 Å². The van der Waals surface area contributed by atoms with Crippen LogP contribution >= 0.6 is 0 Å². The summed E-state index contributed by atoms with van der Waals surface area (Å²) in [5.74, 6) is 0. The fourth-order valence-corrected chi connectivity index (χ4v) is 2.56. The van der Waals surface area contributed by atoms with Crippen molar-refractivity contribution >= 4 is 0 Å². The van der Waals surface area contributed by atoms with Crippen LogP contribution < -0.4 is 0 Å². The minimum Gasteiger partial charge on any atom is -0.394 e. The first kappa shape index (κ1) is 18.9. The molecule has 2 aliphatic heterocycles. The van der Waals surface area contributed by atoms with Gasteiger partial charge in [0.1, 0.15) is 48.8 Å². The van der Waals surface area contributed by atoms with E-state index in [2.05, 4.69) is 0 Å². The van der Waals surface area contributed by atoms with Crippen molar-refractivity contribution in [3.63, 3.8) is 0 Å². The van der Waals surface area contributed by atoms with E-state index in [1.807, 2.05) is 0 Å². The Kier molecular flexibility index (Phi) is 6.27. The highest BCUT2D eigenvalue weighted by molar-refractivity contribution is 4.93. The maximum atomic E-state index is 10.00. The number of hydrogen-bond donors (Lipinski definition) is 8. The molecule has 0 bridgehead atoms. The molecule has 0 aromatic heterocycles. The average molecular weight is 342 g/mol. The van der Waals surface area contributed by atoms with Crippen molar-refractivity contribution in [1.29, 1.82) is 0 Å². The van der Waals surface area contributed by atoms with E-state index < -0.39 is 74.6 Å². The fourth-order valence-electron chi connectivity index (χ4n) is 2.56. The van der Waals surface area contributed by atoms with Crippen LogP contribution in [0.15, 0.2) is 0 Å². The number of ether oxygens (including phenoxy) is 3. The summed E-state index contributed by atoms with van der Waals surface area (Å²) < 4.78 is 15.1. The molecule has 0 aromatic carbocycles. The monoisotopic (exact) mass is 342 g/mol. The molecule has 0 amide bonds. The van der Waals surface area contributed by atoms with Gasteiger partial charge in [0.25, 0.3) is 0 Å². The molecule has 0 radical (unpaired) electrons. The molecule has 136 valence electrons. The summed E-state index contributed by atoms with van der Waals surface area (Å²) in [6.07, 6.45) is -15.7. The summed E-state index contributed by atoms with van der Waals surface area (Å²) in [7, 11) is 0. The highest BCUT2D eigenvalue weighted by Gasteiger charge is 2.50. The van der Waals surface area contributed by atoms with Crippen LogP contribution in [0.4, 0.5) is 0 Å². The summed E-state index contributed by atoms with van der Waals surface area (Å²) >= 11 is 0. The van der Waals surface area contributed by atoms with Crippen LogP contribution in [0.2, 0.25) is 0 Å². The van der Waals surface area contributed by atoms with Crippen molar-refractivity contribution in [1.82, 2.24) is 0 Å². The molecule has 23 heavy (non-hydrogen) atoms. The zero-order chi connectivity index (χ0) is 17.3. The molecule has 2 aliphatic rings. The normalized spacial score (nSPS) is 51.7. The van der Waals surface area contributed by atoms with Gasteiger partial charge in [-0.3, -0.25) is 0 Å². The lowest BCUT2D eigenvalue weighted by atomic mass is 9.97. The smallest absolute Gasteiger partial charge is 0.187 e. The third kappa shape index (κ3) is 3.65. The standard InChI is InChI=1S/C12H22O11/c13-1-3-5(15)7(17)8(18)12(22-3)23-10-6(16)4(2-14)21-11(20)9(10)19/h3-20H,1-2H2/t3-,4-,5+,6-,7+,8-,9+,10+,11?,12-/m1/s1. The lowest BCUT2D eigenvalue weighted by Gasteiger charge is -2.45. The number of aliphatic hydroxyl groups is 8. The van der Waals surface area contributed by atoms with Gasteiger partial charge in [0.15, 0.2) is 12.6 Å². The summed E-state index contributed by atoms with van der Waals surface area (Å²) in [5.41, 5.74) is 0. The number of hydrogen-bond acceptors (Lipinski definition) is 11. The molecular weight excluding hydrogens is 320 g/mol. The molecule has 8 N–H and O–H groups in total. The van der Waals surface area contributed by atoms with Crippen LogP contribution in [0.25, 0.3) is 0 Å². The van der Waals surface area contributed by atoms with Crippen molar-refractivity contribution < 1.29 is 55.1 Å². The molecule has 1 unspecified atom stereocenters. The van der Waals surface area contributed by atoms with Gasteiger partial charge in [-0.15, -0.1) is 0 Å².